The van der Waals surface area contributed by atoms with Crippen LogP contribution in [0, 0.1) is 6.17 Å². The highest BCUT2D eigenvalue weighted by Crippen LogP contribution is 2.13. The largest absolute Gasteiger partial charge is 0.330 e. The molecule has 69 valence electrons. The van der Waals surface area contributed by atoms with E-state index in [1.54, 1.807) is 12.2 Å². The molecule has 1 radical (unpaired) electrons. The van der Waals surface area contributed by atoms with Crippen molar-refractivity contribution in [2.45, 2.75) is 26.2 Å². The molecule has 0 bridgehead atoms. The molecule has 0 unspecified atom stereocenters. The van der Waals surface area contributed by atoms with Crippen molar-refractivity contribution in [2.75, 3.05) is 6.54 Å². The lowest BCUT2D eigenvalue weighted by Gasteiger charge is -1.96. The highest BCUT2D eigenvalue weighted by Gasteiger charge is 1.99. The molecule has 0 aromatic carbocycles. The van der Waals surface area contributed by atoms with Gasteiger partial charge in [0.15, 0.2) is 6.17 Å². The van der Waals surface area contributed by atoms with Crippen molar-refractivity contribution in [3.8, 4) is 0 Å². The van der Waals surface area contributed by atoms with Gasteiger partial charge in [0.2, 0.25) is 0 Å². The van der Waals surface area contributed by atoms with Crippen LogP contribution in [0.1, 0.15) is 26.2 Å². The number of allylic oxidation sites excluding steroid dienone is 4. The average molecular weight is 170 g/mol. The summed E-state index contributed by atoms with van der Waals surface area (Å²) in [5.74, 6) is 0. The van der Waals surface area contributed by atoms with Crippen molar-refractivity contribution >= 4 is 0 Å². The van der Waals surface area contributed by atoms with Crippen molar-refractivity contribution in [2.24, 2.45) is 5.73 Å². The minimum Gasteiger partial charge on any atom is -0.330 e. The normalized spacial score (nSPS) is 15.6. The van der Waals surface area contributed by atoms with Gasteiger partial charge < -0.3 is 5.73 Å². The molecule has 0 fully saturated rings. The molecule has 0 saturated carbocycles. The zero-order chi connectivity index (χ0) is 9.23. The second kappa shape index (κ2) is 8.47. The molecule has 0 aromatic heterocycles. The first kappa shape index (κ1) is 11.4. The summed E-state index contributed by atoms with van der Waals surface area (Å²) < 4.78 is 12.0. The van der Waals surface area contributed by atoms with Crippen molar-refractivity contribution < 1.29 is 4.39 Å². The number of hydrogen-bond donors (Lipinski definition) is 1. The van der Waals surface area contributed by atoms with Crippen LogP contribution in [0.5, 0.6) is 0 Å². The number of rotatable bonds is 2. The molecule has 0 aliphatic heterocycles. The number of nitrogens with two attached hydrogens (primary N) is 1. The molecule has 0 atom stereocenters. The Balaban J connectivity index is 0.000000217. The van der Waals surface area contributed by atoms with E-state index in [-0.39, 0.29) is 6.17 Å². The second-order valence-corrected chi connectivity index (χ2v) is 2.58. The zero-order valence-electron chi connectivity index (χ0n) is 7.59. The second-order valence-electron chi connectivity index (χ2n) is 2.58. The third kappa shape index (κ3) is 7.48. The van der Waals surface area contributed by atoms with Crippen LogP contribution < -0.4 is 5.73 Å². The Hall–Kier alpha value is -0.630. The maximum absolute atomic E-state index is 12.0. The molecule has 1 aliphatic carbocycles. The van der Waals surface area contributed by atoms with Gasteiger partial charge in [-0.2, -0.15) is 0 Å². The highest BCUT2D eigenvalue weighted by molar-refractivity contribution is 5.18. The monoisotopic (exact) mass is 170 g/mol. The topological polar surface area (TPSA) is 26.0 Å². The Kier molecular flexibility index (Phi) is 8.02. The van der Waals surface area contributed by atoms with Gasteiger partial charge in [0, 0.05) is 6.42 Å². The fourth-order valence-electron chi connectivity index (χ4n) is 0.691. The number of hydrogen-bond acceptors (Lipinski definition) is 1. The van der Waals surface area contributed by atoms with Gasteiger partial charge >= 0.3 is 0 Å². The summed E-state index contributed by atoms with van der Waals surface area (Å²) in [5, 5.41) is 0. The Labute approximate surface area is 74.1 Å². The lowest BCUT2D eigenvalue weighted by molar-refractivity contribution is 0.530. The average Bonchev–Trinajstić information content (AvgIpc) is 2.08. The fraction of sp³-hybridized carbons (Fsp3) is 0.500. The van der Waals surface area contributed by atoms with Gasteiger partial charge in [-0.05, 0) is 19.0 Å². The van der Waals surface area contributed by atoms with Crippen LogP contribution in [0.15, 0.2) is 24.3 Å². The third-order valence-corrected chi connectivity index (χ3v) is 1.39. The van der Waals surface area contributed by atoms with Gasteiger partial charge in [0.05, 0.1) is 0 Å². The first-order chi connectivity index (χ1) is 5.81. The standard InChI is InChI=1S/C6H6F.C4H11N/c7-6-4-2-1-3-5-6;1-2-3-4-5/h1-4H,5H2;2-5H2,1H3. The van der Waals surface area contributed by atoms with Gasteiger partial charge in [-0.1, -0.05) is 31.6 Å². The van der Waals surface area contributed by atoms with E-state index in [2.05, 4.69) is 6.92 Å². The number of halogens is 1. The minimum atomic E-state index is -0.0532. The van der Waals surface area contributed by atoms with E-state index in [0.29, 0.717) is 6.42 Å². The summed E-state index contributed by atoms with van der Waals surface area (Å²) in [6.07, 6.45) is 9.59. The molecule has 0 aromatic rings. The lowest BCUT2D eigenvalue weighted by Crippen LogP contribution is -1.95. The molecular formula is C10H17FN. The first-order valence-electron chi connectivity index (χ1n) is 4.35. The highest BCUT2D eigenvalue weighted by atomic mass is 19.1. The number of unbranched alkanes of at least 4 members (excludes halogenated alkanes) is 1. The van der Waals surface area contributed by atoms with Crippen LogP contribution in [0.2, 0.25) is 0 Å². The molecule has 2 N–H and O–H groups in total. The van der Waals surface area contributed by atoms with Gasteiger partial charge in [0.25, 0.3) is 0 Å². The van der Waals surface area contributed by atoms with E-state index in [4.69, 9.17) is 5.73 Å². The minimum absolute atomic E-state index is 0.0532. The molecule has 0 spiro atoms. The van der Waals surface area contributed by atoms with E-state index in [9.17, 15) is 4.39 Å². The zero-order valence-corrected chi connectivity index (χ0v) is 7.59. The van der Waals surface area contributed by atoms with E-state index < -0.39 is 0 Å². The van der Waals surface area contributed by atoms with Crippen LogP contribution in [-0.2, 0) is 0 Å². The van der Waals surface area contributed by atoms with Gasteiger partial charge in [-0.15, -0.1) is 0 Å². The predicted octanol–water partition coefficient (Wildman–Crippen LogP) is 2.75. The van der Waals surface area contributed by atoms with Crippen molar-refractivity contribution in [1.82, 2.24) is 0 Å². The summed E-state index contributed by atoms with van der Waals surface area (Å²) in [6, 6.07) is 0. The van der Waals surface area contributed by atoms with Crippen LogP contribution in [0.25, 0.3) is 0 Å². The quantitative estimate of drug-likeness (QED) is 0.677. The van der Waals surface area contributed by atoms with Crippen LogP contribution >= 0.6 is 0 Å². The summed E-state index contributed by atoms with van der Waals surface area (Å²) in [4.78, 5) is 0. The van der Waals surface area contributed by atoms with E-state index in [1.165, 1.54) is 18.9 Å². The maximum Gasteiger partial charge on any atom is 0.170 e. The van der Waals surface area contributed by atoms with Crippen molar-refractivity contribution in [3.63, 3.8) is 0 Å². The van der Waals surface area contributed by atoms with Gasteiger partial charge in [0.1, 0.15) is 0 Å². The molecule has 0 heterocycles. The Bertz CT molecular complexity index is 139. The van der Waals surface area contributed by atoms with E-state index >= 15 is 0 Å². The predicted molar refractivity (Wildman–Crippen MR) is 51.2 cm³/mol. The molecule has 2 heteroatoms. The molecule has 1 rings (SSSR count). The summed E-state index contributed by atoms with van der Waals surface area (Å²) >= 11 is 0. The van der Waals surface area contributed by atoms with Crippen molar-refractivity contribution in [1.29, 1.82) is 0 Å². The summed E-state index contributed by atoms with van der Waals surface area (Å²) in [5.41, 5.74) is 5.14. The molecular weight excluding hydrogens is 153 g/mol. The first-order valence-corrected chi connectivity index (χ1v) is 4.35. The van der Waals surface area contributed by atoms with Gasteiger partial charge in [-0.25, -0.2) is 4.39 Å². The molecule has 0 saturated heterocycles. The molecule has 12 heavy (non-hydrogen) atoms. The summed E-state index contributed by atoms with van der Waals surface area (Å²) in [6.45, 7) is 2.98. The summed E-state index contributed by atoms with van der Waals surface area (Å²) in [7, 11) is 0. The Morgan fingerprint density at radius 3 is 2.42 bits per heavy atom. The Morgan fingerprint density at radius 1 is 1.50 bits per heavy atom. The van der Waals surface area contributed by atoms with Crippen LogP contribution in [-0.4, -0.2) is 6.54 Å². The van der Waals surface area contributed by atoms with Crippen molar-refractivity contribution in [3.05, 3.63) is 30.5 Å². The third-order valence-electron chi connectivity index (χ3n) is 1.39. The van der Waals surface area contributed by atoms with E-state index in [0.717, 1.165) is 6.54 Å². The maximum atomic E-state index is 12.0. The van der Waals surface area contributed by atoms with Crippen LogP contribution in [0.3, 0.4) is 0 Å². The van der Waals surface area contributed by atoms with Gasteiger partial charge in [-0.3, -0.25) is 0 Å². The Morgan fingerprint density at radius 2 is 2.25 bits per heavy atom. The molecule has 1 aliphatic rings. The molecule has 1 nitrogen and oxygen atoms in total. The van der Waals surface area contributed by atoms with E-state index in [1.807, 2.05) is 6.08 Å². The lowest BCUT2D eigenvalue weighted by atomic mass is 10.2. The SMILES string of the molecule is CCCCN.F[C]1C=CC=CC1. The smallest absolute Gasteiger partial charge is 0.170 e. The van der Waals surface area contributed by atoms with Crippen LogP contribution in [0.4, 0.5) is 4.39 Å². The fourth-order valence-corrected chi connectivity index (χ4v) is 0.691. The molecule has 0 amide bonds.